The normalized spacial score (nSPS) is 11.3. The maximum atomic E-state index is 5.92. The van der Waals surface area contributed by atoms with Crippen LogP contribution in [0.4, 0.5) is 5.95 Å². The van der Waals surface area contributed by atoms with Gasteiger partial charge in [0.15, 0.2) is 11.5 Å². The fourth-order valence-corrected chi connectivity index (χ4v) is 2.12. The summed E-state index contributed by atoms with van der Waals surface area (Å²) < 4.78 is 3.74. The van der Waals surface area contributed by atoms with E-state index in [1.165, 1.54) is 0 Å². The molecule has 2 N–H and O–H groups in total. The van der Waals surface area contributed by atoms with E-state index in [2.05, 4.69) is 20.2 Å². The highest BCUT2D eigenvalue weighted by Gasteiger charge is 2.13. The van der Waals surface area contributed by atoms with Crippen molar-refractivity contribution >= 4 is 28.7 Å². The Labute approximate surface area is 114 Å². The Kier molecular flexibility index (Phi) is 2.83. The molecule has 98 valence electrons. The van der Waals surface area contributed by atoms with Crippen LogP contribution in [0.15, 0.2) is 18.6 Å². The molecule has 3 heterocycles. The zero-order valence-corrected chi connectivity index (χ0v) is 11.0. The maximum absolute atomic E-state index is 5.92. The molecule has 8 heteroatoms. The van der Waals surface area contributed by atoms with Crippen molar-refractivity contribution in [3.8, 4) is 0 Å². The molecular weight excluding hydrogens is 266 g/mol. The smallest absolute Gasteiger partial charge is 0.202 e. The summed E-state index contributed by atoms with van der Waals surface area (Å²) in [7, 11) is 0. The lowest BCUT2D eigenvalue weighted by molar-refractivity contribution is 0.661. The van der Waals surface area contributed by atoms with Gasteiger partial charge in [0.1, 0.15) is 11.8 Å². The van der Waals surface area contributed by atoms with E-state index in [0.29, 0.717) is 28.7 Å². The van der Waals surface area contributed by atoms with Gasteiger partial charge in [-0.1, -0.05) is 11.6 Å². The molecule has 7 nitrogen and oxygen atoms in total. The minimum atomic E-state index is 0.385. The summed E-state index contributed by atoms with van der Waals surface area (Å²) in [6, 6.07) is 1.74. The number of nitrogen functional groups attached to an aromatic ring is 1. The van der Waals surface area contributed by atoms with E-state index in [4.69, 9.17) is 17.3 Å². The van der Waals surface area contributed by atoms with Crippen LogP contribution >= 0.6 is 11.6 Å². The monoisotopic (exact) mass is 277 g/mol. The summed E-state index contributed by atoms with van der Waals surface area (Å²) in [4.78, 5) is 8.51. The number of fused-ring (bicyclic) bond motifs is 1. The van der Waals surface area contributed by atoms with Crippen LogP contribution in [0.25, 0.3) is 11.2 Å². The highest BCUT2D eigenvalue weighted by Crippen LogP contribution is 2.20. The van der Waals surface area contributed by atoms with Crippen molar-refractivity contribution < 1.29 is 0 Å². The van der Waals surface area contributed by atoms with Crippen LogP contribution in [-0.4, -0.2) is 29.3 Å². The first-order valence-corrected chi connectivity index (χ1v) is 6.20. The molecule has 0 fully saturated rings. The van der Waals surface area contributed by atoms with Crippen molar-refractivity contribution in [2.24, 2.45) is 0 Å². The van der Waals surface area contributed by atoms with E-state index >= 15 is 0 Å². The second-order valence-corrected chi connectivity index (χ2v) is 4.52. The lowest BCUT2D eigenvalue weighted by Gasteiger charge is -2.06. The molecule has 0 aromatic carbocycles. The number of hydrogen-bond donors (Lipinski definition) is 1. The fourth-order valence-electron chi connectivity index (χ4n) is 1.97. The first-order chi connectivity index (χ1) is 9.19. The van der Waals surface area contributed by atoms with Crippen LogP contribution in [0.5, 0.6) is 0 Å². The van der Waals surface area contributed by atoms with Crippen LogP contribution in [0.3, 0.4) is 0 Å². The Morgan fingerprint density at radius 2 is 2.26 bits per heavy atom. The van der Waals surface area contributed by atoms with Crippen LogP contribution in [0.1, 0.15) is 12.7 Å². The molecule has 3 rings (SSSR count). The molecule has 0 aliphatic carbocycles. The summed E-state index contributed by atoms with van der Waals surface area (Å²) in [5, 5.41) is 8.51. The molecular formula is C11H12ClN7. The van der Waals surface area contributed by atoms with Gasteiger partial charge < -0.3 is 10.3 Å². The van der Waals surface area contributed by atoms with E-state index in [9.17, 15) is 0 Å². The average molecular weight is 278 g/mol. The SMILES string of the molecule is CCn1cnnc1Cn1c(N)nc2cc(Cl)cnc21. The number of halogens is 1. The molecule has 0 saturated carbocycles. The fraction of sp³-hybridized carbons (Fsp3) is 0.273. The third-order valence-corrected chi connectivity index (χ3v) is 3.12. The van der Waals surface area contributed by atoms with Gasteiger partial charge >= 0.3 is 0 Å². The van der Waals surface area contributed by atoms with Crippen molar-refractivity contribution in [3.05, 3.63) is 29.4 Å². The molecule has 3 aromatic heterocycles. The predicted molar refractivity (Wildman–Crippen MR) is 71.7 cm³/mol. The molecule has 0 aliphatic heterocycles. The molecule has 0 saturated heterocycles. The summed E-state index contributed by atoms with van der Waals surface area (Å²) in [5.41, 5.74) is 7.28. The predicted octanol–water partition coefficient (Wildman–Crippen LogP) is 1.33. The number of nitrogens with zero attached hydrogens (tertiary/aromatic N) is 6. The molecule has 0 aliphatic rings. The van der Waals surface area contributed by atoms with Crippen LogP contribution < -0.4 is 5.73 Å². The van der Waals surface area contributed by atoms with Gasteiger partial charge in [-0.15, -0.1) is 10.2 Å². The summed E-state index contributed by atoms with van der Waals surface area (Å²) >= 11 is 5.89. The third kappa shape index (κ3) is 2.01. The number of anilines is 1. The minimum absolute atomic E-state index is 0.385. The molecule has 0 atom stereocenters. The quantitative estimate of drug-likeness (QED) is 0.780. The average Bonchev–Trinajstić information content (AvgIpc) is 2.95. The minimum Gasteiger partial charge on any atom is -0.369 e. The number of pyridine rings is 1. The van der Waals surface area contributed by atoms with Crippen LogP contribution in [0, 0.1) is 0 Å². The van der Waals surface area contributed by atoms with Gasteiger partial charge in [0.25, 0.3) is 0 Å². The van der Waals surface area contributed by atoms with Gasteiger partial charge in [0.05, 0.1) is 11.6 Å². The lowest BCUT2D eigenvalue weighted by Crippen LogP contribution is -2.10. The van der Waals surface area contributed by atoms with Gasteiger partial charge in [-0.25, -0.2) is 9.97 Å². The zero-order valence-electron chi connectivity index (χ0n) is 10.3. The standard InChI is InChI=1S/C11H12ClN7/c1-2-18-6-15-17-9(18)5-19-10-8(16-11(19)13)3-7(12)4-14-10/h3-4,6H,2,5H2,1H3,(H2,13,16). The van der Waals surface area contributed by atoms with E-state index < -0.39 is 0 Å². The van der Waals surface area contributed by atoms with Gasteiger partial charge in [0, 0.05) is 12.7 Å². The molecule has 3 aromatic rings. The lowest BCUT2D eigenvalue weighted by atomic mass is 10.4. The second-order valence-electron chi connectivity index (χ2n) is 4.09. The Morgan fingerprint density at radius 3 is 3.05 bits per heavy atom. The molecule has 0 unspecified atom stereocenters. The topological polar surface area (TPSA) is 87.4 Å². The summed E-state index contributed by atoms with van der Waals surface area (Å²) in [6.07, 6.45) is 3.26. The molecule has 0 bridgehead atoms. The van der Waals surface area contributed by atoms with Crippen molar-refractivity contribution in [3.63, 3.8) is 0 Å². The van der Waals surface area contributed by atoms with Gasteiger partial charge in [-0.3, -0.25) is 4.57 Å². The second kappa shape index (κ2) is 4.51. The number of aromatic nitrogens is 6. The molecule has 0 spiro atoms. The van der Waals surface area contributed by atoms with Crippen molar-refractivity contribution in [2.75, 3.05) is 5.73 Å². The molecule has 19 heavy (non-hydrogen) atoms. The van der Waals surface area contributed by atoms with E-state index in [0.717, 1.165) is 12.4 Å². The van der Waals surface area contributed by atoms with E-state index in [1.807, 2.05) is 11.5 Å². The first kappa shape index (κ1) is 11.9. The maximum Gasteiger partial charge on any atom is 0.202 e. The number of hydrogen-bond acceptors (Lipinski definition) is 5. The van der Waals surface area contributed by atoms with Crippen LogP contribution in [-0.2, 0) is 13.1 Å². The number of aryl methyl sites for hydroxylation is 1. The van der Waals surface area contributed by atoms with Gasteiger partial charge in [-0.05, 0) is 13.0 Å². The van der Waals surface area contributed by atoms with E-state index in [-0.39, 0.29) is 0 Å². The molecule has 0 radical (unpaired) electrons. The summed E-state index contributed by atoms with van der Waals surface area (Å²) in [6.45, 7) is 3.30. The van der Waals surface area contributed by atoms with Gasteiger partial charge in [-0.2, -0.15) is 0 Å². The van der Waals surface area contributed by atoms with Crippen molar-refractivity contribution in [2.45, 2.75) is 20.0 Å². The Balaban J connectivity index is 2.08. The van der Waals surface area contributed by atoms with Crippen LogP contribution in [0.2, 0.25) is 5.02 Å². The zero-order chi connectivity index (χ0) is 13.4. The first-order valence-electron chi connectivity index (χ1n) is 5.83. The number of imidazole rings is 1. The summed E-state index contributed by atoms with van der Waals surface area (Å²) in [5.74, 6) is 1.20. The number of nitrogens with two attached hydrogens (primary N) is 1. The highest BCUT2D eigenvalue weighted by atomic mass is 35.5. The highest BCUT2D eigenvalue weighted by molar-refractivity contribution is 6.31. The van der Waals surface area contributed by atoms with E-state index in [1.54, 1.807) is 23.2 Å². The Morgan fingerprint density at radius 1 is 1.42 bits per heavy atom. The Bertz CT molecular complexity index is 730. The molecule has 0 amide bonds. The van der Waals surface area contributed by atoms with Gasteiger partial charge in [0.2, 0.25) is 5.95 Å². The number of rotatable bonds is 3. The third-order valence-electron chi connectivity index (χ3n) is 2.92. The Hall–Kier alpha value is -2.15. The largest absolute Gasteiger partial charge is 0.369 e. The van der Waals surface area contributed by atoms with Crippen molar-refractivity contribution in [1.82, 2.24) is 29.3 Å². The van der Waals surface area contributed by atoms with Crippen molar-refractivity contribution in [1.29, 1.82) is 0 Å².